The number of aliphatic carboxylic acids is 2. The van der Waals surface area contributed by atoms with Crippen LogP contribution in [0, 0.1) is 0 Å². The van der Waals surface area contributed by atoms with E-state index in [0.717, 1.165) is 7.11 Å². The molecule has 5 heteroatoms. The van der Waals surface area contributed by atoms with Gasteiger partial charge in [0, 0.05) is 20.0 Å². The van der Waals surface area contributed by atoms with Gasteiger partial charge >= 0.3 is 11.9 Å². The minimum absolute atomic E-state index is 0.222. The van der Waals surface area contributed by atoms with Gasteiger partial charge in [0.25, 0.3) is 0 Å². The molecular formula is C19H26O5. The quantitative estimate of drug-likeness (QED) is 0.790. The van der Waals surface area contributed by atoms with Crippen molar-refractivity contribution in [2.75, 3.05) is 7.11 Å². The van der Waals surface area contributed by atoms with Crippen LogP contribution in [0.3, 0.4) is 0 Å². The molecule has 0 fully saturated rings. The maximum atomic E-state index is 9.37. The lowest BCUT2D eigenvalue weighted by molar-refractivity contribution is -0.137. The minimum atomic E-state index is -0.745. The number of hydrogen-bond donors (Lipinski definition) is 3. The summed E-state index contributed by atoms with van der Waals surface area (Å²) < 4.78 is 0. The van der Waals surface area contributed by atoms with E-state index in [9.17, 15) is 9.59 Å². The van der Waals surface area contributed by atoms with Crippen molar-refractivity contribution in [1.82, 2.24) is 0 Å². The molecule has 24 heavy (non-hydrogen) atoms. The van der Waals surface area contributed by atoms with Crippen molar-refractivity contribution in [2.24, 2.45) is 0 Å². The highest BCUT2D eigenvalue weighted by Gasteiger charge is 1.91. The summed E-state index contributed by atoms with van der Waals surface area (Å²) in [5.74, 6) is -1.49. The summed E-state index contributed by atoms with van der Waals surface area (Å²) in [6.45, 7) is 3.20. The highest BCUT2D eigenvalue weighted by molar-refractivity contribution is 5.66. The number of carboxylic acids is 2. The molecule has 0 heterocycles. The van der Waals surface area contributed by atoms with Gasteiger partial charge in [-0.25, -0.2) is 0 Å². The summed E-state index contributed by atoms with van der Waals surface area (Å²) in [5, 5.41) is 22.4. The molecule has 2 rings (SSSR count). The molecule has 0 radical (unpaired) electrons. The van der Waals surface area contributed by atoms with E-state index in [2.05, 4.69) is 48.5 Å². The summed E-state index contributed by atoms with van der Waals surface area (Å²) in [6, 6.07) is 20.8. The van der Waals surface area contributed by atoms with E-state index in [4.69, 9.17) is 15.3 Å². The van der Waals surface area contributed by atoms with Crippen LogP contribution >= 0.6 is 0 Å². The van der Waals surface area contributed by atoms with E-state index in [-0.39, 0.29) is 12.8 Å². The Morgan fingerprint density at radius 2 is 0.875 bits per heavy atom. The van der Waals surface area contributed by atoms with Gasteiger partial charge in [-0.05, 0) is 11.1 Å². The molecule has 0 aliphatic carbocycles. The summed E-state index contributed by atoms with van der Waals surface area (Å²) in [6.07, 6.45) is 0.444. The lowest BCUT2D eigenvalue weighted by Crippen LogP contribution is -1.86. The monoisotopic (exact) mass is 334 g/mol. The lowest BCUT2D eigenvalue weighted by atomic mass is 10.1. The molecule has 0 aromatic heterocycles. The maximum Gasteiger partial charge on any atom is 0.303 e. The fourth-order valence-corrected chi connectivity index (χ4v) is 1.26. The van der Waals surface area contributed by atoms with E-state index in [0.29, 0.717) is 0 Å². The zero-order chi connectivity index (χ0) is 18.8. The van der Waals surface area contributed by atoms with E-state index >= 15 is 0 Å². The fraction of sp³-hybridized carbons (Fsp3) is 0.263. The highest BCUT2D eigenvalue weighted by Crippen LogP contribution is 2.17. The normalized spacial score (nSPS) is 8.17. The Balaban J connectivity index is 0. The number of benzene rings is 2. The van der Waals surface area contributed by atoms with Crippen molar-refractivity contribution < 1.29 is 24.9 Å². The zero-order valence-electron chi connectivity index (χ0n) is 14.3. The zero-order valence-corrected chi connectivity index (χ0v) is 14.3. The molecule has 3 N–H and O–H groups in total. The average molecular weight is 334 g/mol. The van der Waals surface area contributed by atoms with Gasteiger partial charge in [-0.3, -0.25) is 9.59 Å². The topological polar surface area (TPSA) is 94.8 Å². The Hall–Kier alpha value is -2.66. The lowest BCUT2D eigenvalue weighted by Gasteiger charge is -1.98. The van der Waals surface area contributed by atoms with E-state index in [1.54, 1.807) is 13.8 Å². The van der Waals surface area contributed by atoms with E-state index in [1.165, 1.54) is 11.1 Å². The number of rotatable bonds is 3. The molecule has 5 nitrogen and oxygen atoms in total. The molecule has 0 spiro atoms. The SMILES string of the molecule is CCC(=O)O.CCC(=O)O.CO.c1ccc(-c2ccccc2)cc1. The van der Waals surface area contributed by atoms with Crippen LogP contribution in [-0.4, -0.2) is 34.4 Å². The molecule has 0 unspecified atom stereocenters. The largest absolute Gasteiger partial charge is 0.481 e. The van der Waals surface area contributed by atoms with Gasteiger partial charge in [-0.1, -0.05) is 74.5 Å². The third kappa shape index (κ3) is 14.3. The van der Waals surface area contributed by atoms with Gasteiger partial charge in [0.15, 0.2) is 0 Å². The van der Waals surface area contributed by atoms with E-state index < -0.39 is 11.9 Å². The second-order valence-corrected chi connectivity index (χ2v) is 4.23. The van der Waals surface area contributed by atoms with Crippen LogP contribution in [0.4, 0.5) is 0 Å². The number of aliphatic hydroxyl groups excluding tert-OH is 1. The molecule has 132 valence electrons. The van der Waals surface area contributed by atoms with Crippen LogP contribution in [0.2, 0.25) is 0 Å². The number of carbonyl (C=O) groups is 2. The van der Waals surface area contributed by atoms with Crippen LogP contribution in [0.15, 0.2) is 60.7 Å². The van der Waals surface area contributed by atoms with E-state index in [1.807, 2.05) is 12.1 Å². The molecule has 0 bridgehead atoms. The van der Waals surface area contributed by atoms with Crippen LogP contribution < -0.4 is 0 Å². The van der Waals surface area contributed by atoms with Crippen molar-refractivity contribution >= 4 is 11.9 Å². The average Bonchev–Trinajstić information content (AvgIpc) is 2.65. The first-order valence-corrected chi connectivity index (χ1v) is 7.50. The minimum Gasteiger partial charge on any atom is -0.481 e. The van der Waals surface area contributed by atoms with Crippen LogP contribution in [0.5, 0.6) is 0 Å². The van der Waals surface area contributed by atoms with Gasteiger partial charge in [0.2, 0.25) is 0 Å². The van der Waals surface area contributed by atoms with Crippen molar-refractivity contribution in [3.8, 4) is 11.1 Å². The maximum absolute atomic E-state index is 9.37. The molecule has 2 aromatic carbocycles. The van der Waals surface area contributed by atoms with Crippen LogP contribution in [0.1, 0.15) is 26.7 Å². The van der Waals surface area contributed by atoms with Crippen LogP contribution in [-0.2, 0) is 9.59 Å². The van der Waals surface area contributed by atoms with Crippen molar-refractivity contribution in [1.29, 1.82) is 0 Å². The van der Waals surface area contributed by atoms with Gasteiger partial charge in [0.1, 0.15) is 0 Å². The Kier molecular flexibility index (Phi) is 16.4. The van der Waals surface area contributed by atoms with Gasteiger partial charge in [-0.15, -0.1) is 0 Å². The molecule has 0 saturated carbocycles. The summed E-state index contributed by atoms with van der Waals surface area (Å²) >= 11 is 0. The fourth-order valence-electron chi connectivity index (χ4n) is 1.26. The summed E-state index contributed by atoms with van der Waals surface area (Å²) in [5.41, 5.74) is 2.55. The van der Waals surface area contributed by atoms with Gasteiger partial charge in [-0.2, -0.15) is 0 Å². The number of carboxylic acid groups (broad SMARTS) is 2. The second kappa shape index (κ2) is 16.7. The third-order valence-electron chi connectivity index (χ3n) is 2.49. The van der Waals surface area contributed by atoms with Gasteiger partial charge < -0.3 is 15.3 Å². The predicted octanol–water partition coefficient (Wildman–Crippen LogP) is 3.92. The van der Waals surface area contributed by atoms with Crippen molar-refractivity contribution in [3.63, 3.8) is 0 Å². The van der Waals surface area contributed by atoms with Crippen molar-refractivity contribution in [2.45, 2.75) is 26.7 Å². The standard InChI is InChI=1S/C12H10.2C3H6O2.CH4O/c1-3-7-11(8-4-1)12-9-5-2-6-10-12;2*1-2-3(4)5;1-2/h1-10H;2*2H2,1H3,(H,4,5);2H,1H3. The third-order valence-corrected chi connectivity index (χ3v) is 2.49. The first-order valence-electron chi connectivity index (χ1n) is 7.50. The Morgan fingerprint density at radius 3 is 1.04 bits per heavy atom. The Labute approximate surface area is 143 Å². The molecule has 0 aliphatic heterocycles. The molecule has 0 amide bonds. The number of hydrogen-bond acceptors (Lipinski definition) is 3. The van der Waals surface area contributed by atoms with Crippen molar-refractivity contribution in [3.05, 3.63) is 60.7 Å². The summed E-state index contributed by atoms with van der Waals surface area (Å²) in [4.78, 5) is 18.7. The Bertz CT molecular complexity index is 487. The highest BCUT2D eigenvalue weighted by atomic mass is 16.4. The second-order valence-electron chi connectivity index (χ2n) is 4.23. The number of aliphatic hydroxyl groups is 1. The molecule has 2 aromatic rings. The van der Waals surface area contributed by atoms with Crippen LogP contribution in [0.25, 0.3) is 11.1 Å². The molecule has 0 atom stereocenters. The summed E-state index contributed by atoms with van der Waals surface area (Å²) in [7, 11) is 1.00. The first-order chi connectivity index (χ1) is 11.5. The molecular weight excluding hydrogens is 308 g/mol. The first kappa shape index (κ1) is 23.6. The smallest absolute Gasteiger partial charge is 0.303 e. The predicted molar refractivity (Wildman–Crippen MR) is 95.9 cm³/mol. The Morgan fingerprint density at radius 1 is 0.667 bits per heavy atom. The molecule has 0 saturated heterocycles. The molecule has 0 aliphatic rings. The van der Waals surface area contributed by atoms with Gasteiger partial charge in [0.05, 0.1) is 0 Å².